The first-order valence-electron chi connectivity index (χ1n) is 5.24. The molecule has 5 heteroatoms. The number of carbonyl (C=O) groups is 1. The van der Waals surface area contributed by atoms with E-state index in [1.54, 1.807) is 7.11 Å². The number of urea groups is 1. The molecule has 1 aromatic carbocycles. The van der Waals surface area contributed by atoms with Crippen LogP contribution in [0.5, 0.6) is 5.75 Å². The van der Waals surface area contributed by atoms with Crippen molar-refractivity contribution in [1.29, 1.82) is 0 Å². The lowest BCUT2D eigenvalue weighted by Gasteiger charge is -2.27. The molecule has 2 amide bonds. The van der Waals surface area contributed by atoms with Crippen molar-refractivity contribution in [2.75, 3.05) is 13.7 Å². The molecule has 0 saturated heterocycles. The van der Waals surface area contributed by atoms with E-state index in [1.807, 2.05) is 32.0 Å². The highest BCUT2D eigenvalue weighted by molar-refractivity contribution is 9.10. The predicted molar refractivity (Wildman–Crippen MR) is 71.3 cm³/mol. The maximum atomic E-state index is 10.8. The Balaban J connectivity index is 3.03. The van der Waals surface area contributed by atoms with Crippen LogP contribution in [0.4, 0.5) is 4.79 Å². The van der Waals surface area contributed by atoms with Gasteiger partial charge in [0.05, 0.1) is 7.11 Å². The van der Waals surface area contributed by atoms with Gasteiger partial charge in [-0.15, -0.1) is 0 Å². The van der Waals surface area contributed by atoms with Crippen LogP contribution in [-0.2, 0) is 5.41 Å². The fourth-order valence-corrected chi connectivity index (χ4v) is 1.97. The number of carbonyl (C=O) groups excluding carboxylic acids is 1. The number of methoxy groups -OCH3 is 1. The van der Waals surface area contributed by atoms with Crippen LogP contribution in [-0.4, -0.2) is 19.7 Å². The minimum absolute atomic E-state index is 0.260. The molecular formula is C12H17BrN2O2. The number of benzene rings is 1. The second-order valence-electron chi connectivity index (χ2n) is 4.45. The molecule has 0 heterocycles. The number of rotatable bonds is 4. The number of ether oxygens (including phenoxy) is 1. The van der Waals surface area contributed by atoms with Gasteiger partial charge in [-0.3, -0.25) is 0 Å². The topological polar surface area (TPSA) is 64.3 Å². The van der Waals surface area contributed by atoms with Crippen molar-refractivity contribution in [2.45, 2.75) is 19.3 Å². The van der Waals surface area contributed by atoms with E-state index in [0.29, 0.717) is 6.54 Å². The van der Waals surface area contributed by atoms with Crippen molar-refractivity contribution >= 4 is 22.0 Å². The molecule has 0 aliphatic carbocycles. The summed E-state index contributed by atoms with van der Waals surface area (Å²) >= 11 is 3.43. The van der Waals surface area contributed by atoms with Crippen LogP contribution >= 0.6 is 15.9 Å². The summed E-state index contributed by atoms with van der Waals surface area (Å²) in [5, 5.41) is 2.62. The van der Waals surface area contributed by atoms with Crippen LogP contribution in [0, 0.1) is 0 Å². The molecule has 0 spiro atoms. The van der Waals surface area contributed by atoms with E-state index >= 15 is 0 Å². The third-order valence-corrected chi connectivity index (χ3v) is 3.09. The maximum Gasteiger partial charge on any atom is 0.312 e. The Morgan fingerprint density at radius 2 is 2.18 bits per heavy atom. The molecule has 0 unspecified atom stereocenters. The third kappa shape index (κ3) is 3.63. The minimum Gasteiger partial charge on any atom is -0.496 e. The molecule has 0 aliphatic rings. The van der Waals surface area contributed by atoms with Gasteiger partial charge in [0.25, 0.3) is 0 Å². The SMILES string of the molecule is COc1ccc(Br)cc1C(C)(C)CNC(N)=O. The van der Waals surface area contributed by atoms with Crippen LogP contribution in [0.2, 0.25) is 0 Å². The number of hydrogen-bond acceptors (Lipinski definition) is 2. The van der Waals surface area contributed by atoms with E-state index in [0.717, 1.165) is 15.8 Å². The summed E-state index contributed by atoms with van der Waals surface area (Å²) in [7, 11) is 1.63. The lowest BCUT2D eigenvalue weighted by atomic mass is 9.84. The summed E-state index contributed by atoms with van der Waals surface area (Å²) in [6, 6.07) is 5.28. The Morgan fingerprint density at radius 3 is 2.71 bits per heavy atom. The number of hydrogen-bond donors (Lipinski definition) is 2. The van der Waals surface area contributed by atoms with E-state index in [-0.39, 0.29) is 5.41 Å². The smallest absolute Gasteiger partial charge is 0.312 e. The number of nitrogens with one attached hydrogen (secondary N) is 1. The number of halogens is 1. The highest BCUT2D eigenvalue weighted by atomic mass is 79.9. The zero-order chi connectivity index (χ0) is 13.1. The summed E-state index contributed by atoms with van der Waals surface area (Å²) in [5.41, 5.74) is 5.84. The normalized spacial score (nSPS) is 11.1. The van der Waals surface area contributed by atoms with E-state index in [4.69, 9.17) is 10.5 Å². The molecule has 0 aromatic heterocycles. The fraction of sp³-hybridized carbons (Fsp3) is 0.417. The van der Waals surface area contributed by atoms with E-state index in [1.165, 1.54) is 0 Å². The summed E-state index contributed by atoms with van der Waals surface area (Å²) in [4.78, 5) is 10.8. The first kappa shape index (κ1) is 13.8. The van der Waals surface area contributed by atoms with Crippen molar-refractivity contribution in [3.63, 3.8) is 0 Å². The molecule has 0 radical (unpaired) electrons. The third-order valence-electron chi connectivity index (χ3n) is 2.60. The van der Waals surface area contributed by atoms with Crippen molar-refractivity contribution < 1.29 is 9.53 Å². The van der Waals surface area contributed by atoms with Crippen molar-refractivity contribution in [1.82, 2.24) is 5.32 Å². The van der Waals surface area contributed by atoms with Gasteiger partial charge in [-0.25, -0.2) is 4.79 Å². The monoisotopic (exact) mass is 300 g/mol. The lowest BCUT2D eigenvalue weighted by Crippen LogP contribution is -2.39. The van der Waals surface area contributed by atoms with Gasteiger partial charge in [-0.05, 0) is 18.2 Å². The summed E-state index contributed by atoms with van der Waals surface area (Å²) in [6.45, 7) is 4.50. The molecule has 1 aromatic rings. The summed E-state index contributed by atoms with van der Waals surface area (Å²) in [6.07, 6.45) is 0. The predicted octanol–water partition coefficient (Wildman–Crippen LogP) is 2.40. The average molecular weight is 301 g/mol. The number of primary amides is 1. The largest absolute Gasteiger partial charge is 0.496 e. The molecule has 94 valence electrons. The zero-order valence-electron chi connectivity index (χ0n) is 10.2. The maximum absolute atomic E-state index is 10.8. The molecule has 3 N–H and O–H groups in total. The summed E-state index contributed by atoms with van der Waals surface area (Å²) in [5.74, 6) is 0.796. The van der Waals surface area contributed by atoms with Gasteiger partial charge < -0.3 is 15.8 Å². The van der Waals surface area contributed by atoms with Gasteiger partial charge in [-0.2, -0.15) is 0 Å². The Labute approximate surface area is 110 Å². The second kappa shape index (κ2) is 5.40. The van der Waals surface area contributed by atoms with Gasteiger partial charge in [-0.1, -0.05) is 29.8 Å². The minimum atomic E-state index is -0.521. The van der Waals surface area contributed by atoms with Crippen molar-refractivity contribution in [3.8, 4) is 5.75 Å². The molecule has 0 aliphatic heterocycles. The molecule has 4 nitrogen and oxygen atoms in total. The van der Waals surface area contributed by atoms with Crippen molar-refractivity contribution in [3.05, 3.63) is 28.2 Å². The Bertz CT molecular complexity index is 419. The molecule has 0 fully saturated rings. The molecule has 0 atom stereocenters. The van der Waals surface area contributed by atoms with Crippen molar-refractivity contribution in [2.24, 2.45) is 5.73 Å². The fourth-order valence-electron chi connectivity index (χ4n) is 1.61. The average Bonchev–Trinajstić information content (AvgIpc) is 2.26. The van der Waals surface area contributed by atoms with E-state index in [9.17, 15) is 4.79 Å². The number of amides is 2. The molecule has 0 saturated carbocycles. The quantitative estimate of drug-likeness (QED) is 0.897. The Morgan fingerprint density at radius 1 is 1.53 bits per heavy atom. The van der Waals surface area contributed by atoms with Gasteiger partial charge in [0.15, 0.2) is 0 Å². The highest BCUT2D eigenvalue weighted by Crippen LogP contribution is 2.33. The van der Waals surface area contributed by atoms with Crippen LogP contribution in [0.1, 0.15) is 19.4 Å². The van der Waals surface area contributed by atoms with Crippen LogP contribution in [0.15, 0.2) is 22.7 Å². The Kier molecular flexibility index (Phi) is 4.40. The van der Waals surface area contributed by atoms with Crippen LogP contribution in [0.3, 0.4) is 0 Å². The van der Waals surface area contributed by atoms with Gasteiger partial charge >= 0.3 is 6.03 Å². The first-order chi connectivity index (χ1) is 7.86. The van der Waals surface area contributed by atoms with Gasteiger partial charge in [0.1, 0.15) is 5.75 Å². The molecule has 17 heavy (non-hydrogen) atoms. The van der Waals surface area contributed by atoms with E-state index in [2.05, 4.69) is 21.2 Å². The van der Waals surface area contributed by atoms with E-state index < -0.39 is 6.03 Å². The lowest BCUT2D eigenvalue weighted by molar-refractivity contribution is 0.246. The highest BCUT2D eigenvalue weighted by Gasteiger charge is 2.25. The first-order valence-corrected chi connectivity index (χ1v) is 6.03. The zero-order valence-corrected chi connectivity index (χ0v) is 11.8. The molecule has 0 bridgehead atoms. The van der Waals surface area contributed by atoms with Gasteiger partial charge in [0, 0.05) is 22.0 Å². The van der Waals surface area contributed by atoms with Crippen LogP contribution < -0.4 is 15.8 Å². The second-order valence-corrected chi connectivity index (χ2v) is 5.36. The number of nitrogens with two attached hydrogens (primary N) is 1. The molecular weight excluding hydrogens is 284 g/mol. The molecule has 1 rings (SSSR count). The summed E-state index contributed by atoms with van der Waals surface area (Å²) < 4.78 is 6.30. The Hall–Kier alpha value is -1.23. The van der Waals surface area contributed by atoms with Gasteiger partial charge in [0.2, 0.25) is 0 Å². The standard InChI is InChI=1S/C12H17BrN2O2/c1-12(2,7-15-11(14)16)9-6-8(13)4-5-10(9)17-3/h4-6H,7H2,1-3H3,(H3,14,15,16). The van der Waals surface area contributed by atoms with Crippen LogP contribution in [0.25, 0.3) is 0 Å².